The van der Waals surface area contributed by atoms with E-state index in [9.17, 15) is 39.2 Å². The second-order valence-electron chi connectivity index (χ2n) is 14.7. The van der Waals surface area contributed by atoms with Gasteiger partial charge in [-0.1, -0.05) is 142 Å². The molecule has 6 atom stereocenters. The lowest BCUT2D eigenvalue weighted by molar-refractivity contribution is -0.161. The van der Waals surface area contributed by atoms with Gasteiger partial charge in [-0.2, -0.15) is 0 Å². The molecule has 1 unspecified atom stereocenters. The number of ether oxygens (including phenoxy) is 2. The van der Waals surface area contributed by atoms with Gasteiger partial charge in [0, 0.05) is 12.8 Å². The van der Waals surface area contributed by atoms with E-state index in [0.717, 1.165) is 51.4 Å². The minimum absolute atomic E-state index is 0.0346. The molecule has 0 amide bonds. The summed E-state index contributed by atoms with van der Waals surface area (Å²) >= 11 is 0. The van der Waals surface area contributed by atoms with Crippen LogP contribution in [0.25, 0.3) is 0 Å². The second kappa shape index (κ2) is 40.8. The molecule has 0 radical (unpaired) electrons. The van der Waals surface area contributed by atoms with Crippen molar-refractivity contribution >= 4 is 25.7 Å². The fourth-order valence-corrected chi connectivity index (χ4v) is 5.99. The monoisotopic (exact) mass is 906 g/mol. The van der Waals surface area contributed by atoms with Crippen molar-refractivity contribution in [1.82, 2.24) is 0 Å². The minimum atomic E-state index is -4.83. The lowest BCUT2D eigenvalue weighted by atomic mass is 10.1. The molecular weight excluding hydrogens is 829 g/mol. The SMILES string of the molecule is CC/C=C\C[C@H](O)/C=C/C=C/C=C\C=C/[C@@H](O)[C@H](O)CCCC(=O)O[C@H](COC(=O)CCCCC/C=C\C/C=C\C/C=C\C/C=C\CCCCC)COP(=O)(O)OC[C@H](N)C(=O)O. The zero-order valence-corrected chi connectivity index (χ0v) is 38.3. The van der Waals surface area contributed by atoms with Crippen molar-refractivity contribution in [2.45, 2.75) is 153 Å². The highest BCUT2D eigenvalue weighted by Crippen LogP contribution is 2.43. The van der Waals surface area contributed by atoms with Crippen molar-refractivity contribution in [1.29, 1.82) is 0 Å². The number of rotatable bonds is 39. The third-order valence-electron chi connectivity index (χ3n) is 8.85. The summed E-state index contributed by atoms with van der Waals surface area (Å²) < 4.78 is 32.4. The number of carbonyl (C=O) groups excluding carboxylic acids is 2. The van der Waals surface area contributed by atoms with E-state index in [4.69, 9.17) is 24.8 Å². The van der Waals surface area contributed by atoms with Gasteiger partial charge in [0.2, 0.25) is 0 Å². The van der Waals surface area contributed by atoms with Crippen molar-refractivity contribution in [3.63, 3.8) is 0 Å². The summed E-state index contributed by atoms with van der Waals surface area (Å²) in [6.45, 7) is 2.18. The van der Waals surface area contributed by atoms with Crippen LogP contribution >= 0.6 is 7.82 Å². The summed E-state index contributed by atoms with van der Waals surface area (Å²) in [4.78, 5) is 46.1. The van der Waals surface area contributed by atoms with Crippen LogP contribution in [0.5, 0.6) is 0 Å². The molecule has 15 heteroatoms. The van der Waals surface area contributed by atoms with Crippen molar-refractivity contribution < 1.29 is 62.8 Å². The van der Waals surface area contributed by atoms with Gasteiger partial charge in [0.15, 0.2) is 6.10 Å². The quantitative estimate of drug-likeness (QED) is 0.0111. The van der Waals surface area contributed by atoms with Crippen LogP contribution in [0.15, 0.2) is 109 Å². The molecule has 0 bridgehead atoms. The number of aliphatic carboxylic acids is 1. The Morgan fingerprint density at radius 3 is 1.79 bits per heavy atom. The summed E-state index contributed by atoms with van der Waals surface area (Å²) in [5.41, 5.74) is 5.31. The molecule has 0 aliphatic rings. The Balaban J connectivity index is 4.75. The number of phosphoric acid groups is 1. The number of carboxylic acid groups (broad SMARTS) is 1. The van der Waals surface area contributed by atoms with Crippen LogP contribution in [0.4, 0.5) is 0 Å². The Labute approximate surface area is 375 Å². The summed E-state index contributed by atoms with van der Waals surface area (Å²) in [7, 11) is -4.83. The lowest BCUT2D eigenvalue weighted by Crippen LogP contribution is -2.34. The number of aliphatic hydroxyl groups excluding tert-OH is 3. The first kappa shape index (κ1) is 59.0. The van der Waals surface area contributed by atoms with Gasteiger partial charge in [0.1, 0.15) is 12.6 Å². The summed E-state index contributed by atoms with van der Waals surface area (Å²) in [5, 5.41) is 39.4. The fourth-order valence-electron chi connectivity index (χ4n) is 5.21. The molecule has 356 valence electrons. The number of unbranched alkanes of at least 4 members (excludes halogenated alkanes) is 6. The smallest absolute Gasteiger partial charge is 0.472 e. The van der Waals surface area contributed by atoms with Crippen molar-refractivity contribution in [3.05, 3.63) is 109 Å². The molecule has 0 aliphatic carbocycles. The number of aliphatic hydroxyl groups is 3. The first-order chi connectivity index (χ1) is 30.3. The summed E-state index contributed by atoms with van der Waals surface area (Å²) in [6, 6.07) is -1.59. The highest BCUT2D eigenvalue weighted by molar-refractivity contribution is 7.47. The van der Waals surface area contributed by atoms with E-state index in [1.54, 1.807) is 42.5 Å². The molecular formula is C48H76NO13P. The van der Waals surface area contributed by atoms with Gasteiger partial charge in [0.25, 0.3) is 0 Å². The molecule has 0 heterocycles. The topological polar surface area (TPSA) is 232 Å². The summed E-state index contributed by atoms with van der Waals surface area (Å²) in [5.74, 6) is -2.82. The average molecular weight is 906 g/mol. The van der Waals surface area contributed by atoms with E-state index in [0.29, 0.717) is 12.8 Å². The Hall–Kier alpha value is -3.98. The number of hydrogen-bond acceptors (Lipinski definition) is 12. The highest BCUT2D eigenvalue weighted by atomic mass is 31.2. The van der Waals surface area contributed by atoms with Crippen molar-refractivity contribution in [2.24, 2.45) is 5.73 Å². The maximum absolute atomic E-state index is 12.7. The maximum Gasteiger partial charge on any atom is 0.472 e. The molecule has 0 rings (SSSR count). The Kier molecular flexibility index (Phi) is 38.2. The number of phosphoric ester groups is 1. The van der Waals surface area contributed by atoms with Gasteiger partial charge in [0.05, 0.1) is 31.5 Å². The molecule has 0 aromatic carbocycles. The Bertz CT molecular complexity index is 1530. The van der Waals surface area contributed by atoms with Crippen LogP contribution in [-0.4, -0.2) is 93.5 Å². The van der Waals surface area contributed by atoms with Crippen molar-refractivity contribution in [2.75, 3.05) is 19.8 Å². The number of carbonyl (C=O) groups is 3. The molecule has 0 saturated heterocycles. The van der Waals surface area contributed by atoms with Crippen LogP contribution in [0.1, 0.15) is 123 Å². The van der Waals surface area contributed by atoms with Crippen LogP contribution < -0.4 is 5.73 Å². The van der Waals surface area contributed by atoms with E-state index >= 15 is 0 Å². The lowest BCUT2D eigenvalue weighted by Gasteiger charge is -2.20. The second-order valence-corrected chi connectivity index (χ2v) is 16.1. The van der Waals surface area contributed by atoms with Gasteiger partial charge in [-0.3, -0.25) is 23.4 Å². The van der Waals surface area contributed by atoms with Gasteiger partial charge in [-0.05, 0) is 77.0 Å². The Morgan fingerprint density at radius 1 is 0.635 bits per heavy atom. The van der Waals surface area contributed by atoms with Crippen LogP contribution in [-0.2, 0) is 37.5 Å². The molecule has 7 N–H and O–H groups in total. The van der Waals surface area contributed by atoms with Crippen molar-refractivity contribution in [3.8, 4) is 0 Å². The first-order valence-electron chi connectivity index (χ1n) is 22.2. The maximum atomic E-state index is 12.7. The number of nitrogens with two attached hydrogens (primary N) is 1. The normalized spacial score (nSPS) is 16.2. The predicted molar refractivity (Wildman–Crippen MR) is 248 cm³/mol. The average Bonchev–Trinajstić information content (AvgIpc) is 3.25. The zero-order valence-electron chi connectivity index (χ0n) is 37.4. The van der Waals surface area contributed by atoms with E-state index < -0.39 is 76.0 Å². The number of allylic oxidation sites excluding steroid dienone is 15. The van der Waals surface area contributed by atoms with E-state index in [2.05, 4.69) is 60.1 Å². The van der Waals surface area contributed by atoms with E-state index in [1.165, 1.54) is 25.3 Å². The van der Waals surface area contributed by atoms with E-state index in [1.807, 2.05) is 19.1 Å². The third kappa shape index (κ3) is 39.4. The molecule has 14 nitrogen and oxygen atoms in total. The molecule has 63 heavy (non-hydrogen) atoms. The summed E-state index contributed by atoms with van der Waals surface area (Å²) in [6.07, 6.45) is 42.4. The number of esters is 2. The fraction of sp³-hybridized carbons (Fsp3) is 0.562. The highest BCUT2D eigenvalue weighted by Gasteiger charge is 2.28. The molecule has 0 aliphatic heterocycles. The van der Waals surface area contributed by atoms with Crippen LogP contribution in [0.3, 0.4) is 0 Å². The van der Waals surface area contributed by atoms with Crippen LogP contribution in [0.2, 0.25) is 0 Å². The minimum Gasteiger partial charge on any atom is -0.480 e. The zero-order chi connectivity index (χ0) is 46.8. The molecule has 0 aromatic heterocycles. The third-order valence-corrected chi connectivity index (χ3v) is 9.80. The van der Waals surface area contributed by atoms with Gasteiger partial charge in [-0.25, -0.2) is 4.57 Å². The molecule has 0 saturated carbocycles. The molecule has 0 aromatic rings. The van der Waals surface area contributed by atoms with Gasteiger partial charge in [-0.15, -0.1) is 0 Å². The van der Waals surface area contributed by atoms with Crippen LogP contribution in [0, 0.1) is 0 Å². The number of hydrogen-bond donors (Lipinski definition) is 6. The molecule has 0 spiro atoms. The largest absolute Gasteiger partial charge is 0.480 e. The predicted octanol–water partition coefficient (Wildman–Crippen LogP) is 8.75. The van der Waals surface area contributed by atoms with Gasteiger partial charge < -0.3 is 40.5 Å². The van der Waals surface area contributed by atoms with Gasteiger partial charge >= 0.3 is 25.7 Å². The standard InChI is InChI=1S/C48H76NO13P/c1-3-5-7-8-9-10-11-12-13-14-15-16-17-18-19-20-21-26-30-36-46(53)59-38-42(39-60-63(57,58)61-40-43(49)48(55)56)62-47(54)37-31-35-45(52)44(51)34-29-25-23-22-24-28-33-41(50)32-27-6-4-2/h6,9-10,12-13,15-16,18-19,22-25,27-29,33-34,41-45,50-52H,3-5,7-8,11,14,17,20-21,26,30-32,35-40,49H2,1-2H3,(H,55,56)(H,57,58)/b10-9-,13-12-,16-15-,19-18-,24-22+,25-23-,27-6-,33-28+,34-29-/t41-,42+,43-,44+,45+/m0/s1. The Morgan fingerprint density at radius 2 is 1.19 bits per heavy atom. The first-order valence-corrected chi connectivity index (χ1v) is 23.7. The molecule has 0 fully saturated rings. The van der Waals surface area contributed by atoms with E-state index in [-0.39, 0.29) is 25.7 Å². The number of carboxylic acids is 1.